The third kappa shape index (κ3) is 3.06. The van der Waals surface area contributed by atoms with E-state index in [1.54, 1.807) is 6.20 Å². The van der Waals surface area contributed by atoms with Crippen molar-refractivity contribution in [2.45, 2.75) is 37.8 Å². The molecule has 1 saturated heterocycles. The normalized spacial score (nSPS) is 20.4. The first-order chi connectivity index (χ1) is 9.79. The van der Waals surface area contributed by atoms with Crippen LogP contribution in [-0.4, -0.2) is 40.7 Å². The largest absolute Gasteiger partial charge is 0.377 e. The zero-order valence-corrected chi connectivity index (χ0v) is 13.1. The Kier molecular flexibility index (Phi) is 4.41. The SMILES string of the molecule is O=c1c(N2CCC(OCCBr)CC2)nccn1C1CC1. The molecule has 20 heavy (non-hydrogen) atoms. The predicted molar refractivity (Wildman–Crippen MR) is 81.7 cm³/mol. The third-order valence-corrected chi connectivity index (χ3v) is 4.29. The Hall–Kier alpha value is -0.880. The molecule has 2 heterocycles. The summed E-state index contributed by atoms with van der Waals surface area (Å²) in [6.45, 7) is 2.45. The van der Waals surface area contributed by atoms with Crippen LogP contribution in [0.1, 0.15) is 31.7 Å². The lowest BCUT2D eigenvalue weighted by Gasteiger charge is -2.32. The maximum absolute atomic E-state index is 12.4. The fraction of sp³-hybridized carbons (Fsp3) is 0.714. The standard InChI is InChI=1S/C14H20BrN3O2/c15-5-10-20-12-3-7-17(8-4-12)13-14(19)18(9-6-16-13)11-1-2-11/h6,9,11-12H,1-5,7-8,10H2. The van der Waals surface area contributed by atoms with Crippen molar-refractivity contribution in [2.24, 2.45) is 0 Å². The van der Waals surface area contributed by atoms with E-state index in [9.17, 15) is 4.79 Å². The van der Waals surface area contributed by atoms with Gasteiger partial charge in [0.1, 0.15) is 0 Å². The first kappa shape index (κ1) is 14.1. The quantitative estimate of drug-likeness (QED) is 0.768. The van der Waals surface area contributed by atoms with Crippen molar-refractivity contribution in [3.05, 3.63) is 22.7 Å². The minimum absolute atomic E-state index is 0.0647. The Morgan fingerprint density at radius 3 is 2.70 bits per heavy atom. The van der Waals surface area contributed by atoms with E-state index in [0.29, 0.717) is 18.0 Å². The minimum Gasteiger partial charge on any atom is -0.377 e. The number of aromatic nitrogens is 2. The molecule has 1 aliphatic heterocycles. The van der Waals surface area contributed by atoms with Crippen molar-refractivity contribution in [1.29, 1.82) is 0 Å². The van der Waals surface area contributed by atoms with Crippen LogP contribution in [0, 0.1) is 0 Å². The number of rotatable bonds is 5. The van der Waals surface area contributed by atoms with Gasteiger partial charge in [0.2, 0.25) is 0 Å². The number of piperidine rings is 1. The monoisotopic (exact) mass is 341 g/mol. The highest BCUT2D eigenvalue weighted by Crippen LogP contribution is 2.33. The van der Waals surface area contributed by atoms with Gasteiger partial charge in [0, 0.05) is 36.9 Å². The maximum atomic E-state index is 12.4. The van der Waals surface area contributed by atoms with Crippen LogP contribution < -0.4 is 10.5 Å². The summed E-state index contributed by atoms with van der Waals surface area (Å²) >= 11 is 3.37. The fourth-order valence-corrected chi connectivity index (χ4v) is 2.90. The van der Waals surface area contributed by atoms with E-state index >= 15 is 0 Å². The maximum Gasteiger partial charge on any atom is 0.293 e. The van der Waals surface area contributed by atoms with E-state index in [4.69, 9.17) is 4.74 Å². The first-order valence-corrected chi connectivity index (χ1v) is 8.41. The van der Waals surface area contributed by atoms with Crippen LogP contribution in [0.15, 0.2) is 17.2 Å². The van der Waals surface area contributed by atoms with Crippen LogP contribution >= 0.6 is 15.9 Å². The average molecular weight is 342 g/mol. The van der Waals surface area contributed by atoms with Crippen LogP contribution in [0.5, 0.6) is 0 Å². The molecule has 0 unspecified atom stereocenters. The molecule has 0 N–H and O–H groups in total. The van der Waals surface area contributed by atoms with Crippen molar-refractivity contribution in [2.75, 3.05) is 29.9 Å². The Morgan fingerprint density at radius 2 is 2.05 bits per heavy atom. The molecule has 0 radical (unpaired) electrons. The number of hydrogen-bond donors (Lipinski definition) is 0. The molecule has 0 bridgehead atoms. The number of hydrogen-bond acceptors (Lipinski definition) is 4. The van der Waals surface area contributed by atoms with E-state index < -0.39 is 0 Å². The Bertz CT molecular complexity index is 507. The smallest absolute Gasteiger partial charge is 0.293 e. The second-order valence-corrected chi connectivity index (χ2v) is 6.23. The van der Waals surface area contributed by atoms with Crippen LogP contribution in [0.25, 0.3) is 0 Å². The molecule has 0 spiro atoms. The molecule has 0 amide bonds. The van der Waals surface area contributed by atoms with Gasteiger partial charge in [-0.1, -0.05) is 15.9 Å². The lowest BCUT2D eigenvalue weighted by molar-refractivity contribution is 0.0479. The van der Waals surface area contributed by atoms with Crippen LogP contribution in [0.3, 0.4) is 0 Å². The van der Waals surface area contributed by atoms with Crippen molar-refractivity contribution < 1.29 is 4.74 Å². The third-order valence-electron chi connectivity index (χ3n) is 3.96. The zero-order chi connectivity index (χ0) is 13.9. The van der Waals surface area contributed by atoms with Gasteiger partial charge in [0.15, 0.2) is 5.82 Å². The van der Waals surface area contributed by atoms with E-state index in [2.05, 4.69) is 25.8 Å². The molecule has 1 saturated carbocycles. The highest BCUT2D eigenvalue weighted by Gasteiger charge is 2.27. The molecular formula is C14H20BrN3O2. The molecule has 5 nitrogen and oxygen atoms in total. The molecule has 1 aromatic heterocycles. The van der Waals surface area contributed by atoms with E-state index in [1.807, 2.05) is 10.8 Å². The number of anilines is 1. The Morgan fingerprint density at radius 1 is 1.30 bits per heavy atom. The summed E-state index contributed by atoms with van der Waals surface area (Å²) in [6.07, 6.45) is 8.05. The van der Waals surface area contributed by atoms with Crippen LogP contribution in [-0.2, 0) is 4.74 Å². The number of alkyl halides is 1. The van der Waals surface area contributed by atoms with Crippen LogP contribution in [0.2, 0.25) is 0 Å². The van der Waals surface area contributed by atoms with Gasteiger partial charge in [-0.3, -0.25) is 4.79 Å². The van der Waals surface area contributed by atoms with E-state index in [1.165, 1.54) is 0 Å². The molecular weight excluding hydrogens is 322 g/mol. The van der Waals surface area contributed by atoms with Gasteiger partial charge in [-0.15, -0.1) is 0 Å². The van der Waals surface area contributed by atoms with Crippen molar-refractivity contribution in [3.63, 3.8) is 0 Å². The molecule has 1 aromatic rings. The van der Waals surface area contributed by atoms with Crippen molar-refractivity contribution in [3.8, 4) is 0 Å². The average Bonchev–Trinajstić information content (AvgIpc) is 3.31. The van der Waals surface area contributed by atoms with Gasteiger partial charge < -0.3 is 14.2 Å². The minimum atomic E-state index is 0.0647. The number of ether oxygens (including phenoxy) is 1. The first-order valence-electron chi connectivity index (χ1n) is 7.29. The molecule has 1 aliphatic carbocycles. The van der Waals surface area contributed by atoms with Gasteiger partial charge >= 0.3 is 0 Å². The van der Waals surface area contributed by atoms with Crippen molar-refractivity contribution >= 4 is 21.7 Å². The van der Waals surface area contributed by atoms with Gasteiger partial charge in [-0.05, 0) is 25.7 Å². The van der Waals surface area contributed by atoms with E-state index in [0.717, 1.165) is 50.7 Å². The van der Waals surface area contributed by atoms with Gasteiger partial charge in [0.25, 0.3) is 5.56 Å². The lowest BCUT2D eigenvalue weighted by atomic mass is 10.1. The van der Waals surface area contributed by atoms with E-state index in [-0.39, 0.29) is 5.56 Å². The highest BCUT2D eigenvalue weighted by molar-refractivity contribution is 9.09. The molecule has 2 aliphatic rings. The fourth-order valence-electron chi connectivity index (χ4n) is 2.72. The molecule has 0 atom stereocenters. The summed E-state index contributed by atoms with van der Waals surface area (Å²) in [7, 11) is 0. The van der Waals surface area contributed by atoms with Crippen molar-refractivity contribution in [1.82, 2.24) is 9.55 Å². The topological polar surface area (TPSA) is 47.4 Å². The summed E-state index contributed by atoms with van der Waals surface area (Å²) in [4.78, 5) is 18.8. The van der Waals surface area contributed by atoms with Gasteiger partial charge in [-0.25, -0.2) is 4.98 Å². The molecule has 110 valence electrons. The zero-order valence-electron chi connectivity index (χ0n) is 11.5. The predicted octanol–water partition coefficient (Wildman–Crippen LogP) is 1.96. The van der Waals surface area contributed by atoms with Gasteiger partial charge in [0.05, 0.1) is 12.7 Å². The molecule has 2 fully saturated rings. The lowest BCUT2D eigenvalue weighted by Crippen LogP contribution is -2.41. The van der Waals surface area contributed by atoms with Gasteiger partial charge in [-0.2, -0.15) is 0 Å². The van der Waals surface area contributed by atoms with Crippen LogP contribution in [0.4, 0.5) is 5.82 Å². The summed E-state index contributed by atoms with van der Waals surface area (Å²) in [5, 5.41) is 0.875. The second kappa shape index (κ2) is 6.26. The molecule has 6 heteroatoms. The summed E-state index contributed by atoms with van der Waals surface area (Å²) < 4.78 is 7.58. The number of nitrogens with zero attached hydrogens (tertiary/aromatic N) is 3. The molecule has 0 aromatic carbocycles. The Balaban J connectivity index is 1.66. The number of halogens is 1. The second-order valence-electron chi connectivity index (χ2n) is 5.44. The summed E-state index contributed by atoms with van der Waals surface area (Å²) in [6, 6.07) is 0.407. The summed E-state index contributed by atoms with van der Waals surface area (Å²) in [5.74, 6) is 0.610. The molecule has 3 rings (SSSR count). The highest BCUT2D eigenvalue weighted by atomic mass is 79.9. The summed E-state index contributed by atoms with van der Waals surface area (Å²) in [5.41, 5.74) is 0.0647. The Labute approximate surface area is 127 Å².